The summed E-state index contributed by atoms with van der Waals surface area (Å²) in [6, 6.07) is 7.16. The van der Waals surface area contributed by atoms with Crippen molar-refractivity contribution in [2.24, 2.45) is 0 Å². The van der Waals surface area contributed by atoms with Crippen LogP contribution >= 0.6 is 0 Å². The van der Waals surface area contributed by atoms with E-state index in [-0.39, 0.29) is 18.2 Å². The zero-order valence-electron chi connectivity index (χ0n) is 14.3. The highest BCUT2D eigenvalue weighted by Gasteiger charge is 2.24. The summed E-state index contributed by atoms with van der Waals surface area (Å²) in [4.78, 5) is 19.1. The Balaban J connectivity index is 1.51. The quantitative estimate of drug-likeness (QED) is 0.773. The third kappa shape index (κ3) is 4.11. The highest BCUT2D eigenvalue weighted by molar-refractivity contribution is 5.69. The monoisotopic (exact) mass is 346 g/mol. The second kappa shape index (κ2) is 7.57. The Morgan fingerprint density at radius 2 is 2.08 bits per heavy atom. The number of likely N-dealkylation sites (tertiary alicyclic amines) is 1. The van der Waals surface area contributed by atoms with Crippen LogP contribution in [0.5, 0.6) is 11.8 Å². The molecule has 1 aliphatic heterocycles. The molecule has 0 spiro atoms. The first-order chi connectivity index (χ1) is 12.0. The summed E-state index contributed by atoms with van der Waals surface area (Å²) in [6.45, 7) is 1.83. The van der Waals surface area contributed by atoms with Crippen molar-refractivity contribution in [3.8, 4) is 11.8 Å². The lowest BCUT2D eigenvalue weighted by molar-refractivity contribution is -0.697. The molecule has 7 nitrogen and oxygen atoms in total. The highest BCUT2D eigenvalue weighted by Crippen LogP contribution is 2.29. The molecule has 0 unspecified atom stereocenters. The van der Waals surface area contributed by atoms with Gasteiger partial charge in [-0.1, -0.05) is 0 Å². The molecular formula is C18H24N3O4+. The molecule has 2 aromatic rings. The molecule has 0 amide bonds. The molecule has 0 radical (unpaired) electrons. The van der Waals surface area contributed by atoms with Crippen LogP contribution in [0.15, 0.2) is 36.7 Å². The smallest absolute Gasteiger partial charge is 0.333 e. The van der Waals surface area contributed by atoms with E-state index in [1.807, 2.05) is 12.3 Å². The first kappa shape index (κ1) is 17.3. The van der Waals surface area contributed by atoms with Gasteiger partial charge in [0.2, 0.25) is 11.8 Å². The molecule has 3 heterocycles. The maximum atomic E-state index is 11.8. The molecule has 3 rings (SSSR count). The standard InChI is InChI=1S/C18H23N3O4/c1-19-10-3-6-15(19)14-5-2-11-20(13-14)12-4-7-18(24)25-21-16(22)8-9-17(21)23/h2,5,8-9,11,13,15H,3-4,6-7,10,12H2,1H3,(H-,22,23)/p+1/t15-/m0/s1. The van der Waals surface area contributed by atoms with Crippen molar-refractivity contribution in [3.05, 3.63) is 42.2 Å². The minimum atomic E-state index is -0.505. The first-order valence-electron chi connectivity index (χ1n) is 8.54. The topological polar surface area (TPSA) is 78.8 Å². The molecule has 1 atom stereocenters. The Labute approximate surface area is 146 Å². The van der Waals surface area contributed by atoms with Gasteiger partial charge in [-0.25, -0.2) is 9.36 Å². The molecule has 1 aliphatic rings. The molecule has 0 saturated carbocycles. The van der Waals surface area contributed by atoms with Crippen molar-refractivity contribution in [2.45, 2.75) is 38.3 Å². The van der Waals surface area contributed by atoms with Crippen LogP contribution in [-0.4, -0.2) is 39.4 Å². The third-order valence-electron chi connectivity index (χ3n) is 4.57. The first-order valence-corrected chi connectivity index (χ1v) is 8.54. The van der Waals surface area contributed by atoms with Gasteiger partial charge >= 0.3 is 5.97 Å². The summed E-state index contributed by atoms with van der Waals surface area (Å²) in [5, 5.41) is 18.9. The van der Waals surface area contributed by atoms with Crippen molar-refractivity contribution in [2.75, 3.05) is 13.6 Å². The Bertz CT molecular complexity index is 724. The number of hydrogen-bond donors (Lipinski definition) is 2. The van der Waals surface area contributed by atoms with Gasteiger partial charge < -0.3 is 15.1 Å². The molecule has 1 saturated heterocycles. The molecule has 2 N–H and O–H groups in total. The number of rotatable bonds is 6. The van der Waals surface area contributed by atoms with Crippen LogP contribution in [0.1, 0.15) is 37.3 Å². The van der Waals surface area contributed by atoms with E-state index >= 15 is 0 Å². The molecule has 0 aromatic carbocycles. The summed E-state index contributed by atoms with van der Waals surface area (Å²) < 4.78 is 2.80. The average molecular weight is 346 g/mol. The van der Waals surface area contributed by atoms with Crippen LogP contribution in [0.3, 0.4) is 0 Å². The number of aromatic nitrogens is 2. The molecule has 0 aliphatic carbocycles. The molecule has 1 fully saturated rings. The second-order valence-corrected chi connectivity index (χ2v) is 6.42. The van der Waals surface area contributed by atoms with E-state index < -0.39 is 5.97 Å². The lowest BCUT2D eigenvalue weighted by Crippen LogP contribution is -2.35. The summed E-state index contributed by atoms with van der Waals surface area (Å²) >= 11 is 0. The van der Waals surface area contributed by atoms with Gasteiger partial charge in [0.05, 0.1) is 6.42 Å². The minimum Gasteiger partial charge on any atom is -0.492 e. The predicted octanol–water partition coefficient (Wildman–Crippen LogP) is 1.39. The number of carbonyl (C=O) groups is 1. The van der Waals surface area contributed by atoms with Crippen LogP contribution in [-0.2, 0) is 11.3 Å². The Kier molecular flexibility index (Phi) is 5.23. The van der Waals surface area contributed by atoms with Crippen molar-refractivity contribution in [3.63, 3.8) is 0 Å². The van der Waals surface area contributed by atoms with Crippen LogP contribution < -0.4 is 9.40 Å². The molecule has 134 valence electrons. The fourth-order valence-electron chi connectivity index (χ4n) is 3.26. The van der Waals surface area contributed by atoms with Crippen LogP contribution in [0.2, 0.25) is 0 Å². The van der Waals surface area contributed by atoms with E-state index in [0.717, 1.165) is 6.54 Å². The lowest BCUT2D eigenvalue weighted by atomic mass is 10.1. The van der Waals surface area contributed by atoms with Gasteiger partial charge in [0.1, 0.15) is 6.54 Å². The number of nitrogens with zero attached hydrogens (tertiary/aromatic N) is 3. The Hall–Kier alpha value is -2.54. The van der Waals surface area contributed by atoms with Gasteiger partial charge in [-0.2, -0.15) is 0 Å². The van der Waals surface area contributed by atoms with E-state index in [1.165, 1.54) is 30.5 Å². The van der Waals surface area contributed by atoms with Gasteiger partial charge in [0.25, 0.3) is 0 Å². The molecule has 0 bridgehead atoms. The van der Waals surface area contributed by atoms with Crippen LogP contribution in [0, 0.1) is 0 Å². The van der Waals surface area contributed by atoms with E-state index in [1.54, 1.807) is 0 Å². The lowest BCUT2D eigenvalue weighted by Gasteiger charge is -2.18. The minimum absolute atomic E-state index is 0.192. The Morgan fingerprint density at radius 1 is 1.32 bits per heavy atom. The summed E-state index contributed by atoms with van der Waals surface area (Å²) in [7, 11) is 2.15. The van der Waals surface area contributed by atoms with E-state index in [4.69, 9.17) is 4.84 Å². The van der Waals surface area contributed by atoms with E-state index in [9.17, 15) is 15.0 Å². The normalized spacial score (nSPS) is 17.7. The maximum absolute atomic E-state index is 11.8. The predicted molar refractivity (Wildman–Crippen MR) is 89.8 cm³/mol. The van der Waals surface area contributed by atoms with Crippen molar-refractivity contribution >= 4 is 5.97 Å². The van der Waals surface area contributed by atoms with Crippen molar-refractivity contribution in [1.82, 2.24) is 9.63 Å². The maximum Gasteiger partial charge on any atom is 0.333 e. The Morgan fingerprint density at radius 3 is 2.76 bits per heavy atom. The average Bonchev–Trinajstić information content (AvgIpc) is 3.15. The van der Waals surface area contributed by atoms with Crippen molar-refractivity contribution in [1.29, 1.82) is 0 Å². The number of carbonyl (C=O) groups excluding carboxylic acids is 1. The van der Waals surface area contributed by atoms with Crippen molar-refractivity contribution < 1.29 is 24.4 Å². The summed E-state index contributed by atoms with van der Waals surface area (Å²) in [6.07, 6.45) is 7.33. The zero-order chi connectivity index (χ0) is 17.8. The molecule has 25 heavy (non-hydrogen) atoms. The van der Waals surface area contributed by atoms with Crippen LogP contribution in [0.25, 0.3) is 0 Å². The number of hydrogen-bond acceptors (Lipinski definition) is 5. The number of aryl methyl sites for hydroxylation is 1. The van der Waals surface area contributed by atoms with Gasteiger partial charge in [-0.05, 0) is 32.5 Å². The number of pyridine rings is 1. The third-order valence-corrected chi connectivity index (χ3v) is 4.57. The van der Waals surface area contributed by atoms with Gasteiger partial charge in [-0.15, -0.1) is 4.73 Å². The van der Waals surface area contributed by atoms with Gasteiger partial charge in [0, 0.05) is 36.2 Å². The molecule has 7 heteroatoms. The largest absolute Gasteiger partial charge is 0.492 e. The fraction of sp³-hybridized carbons (Fsp3) is 0.444. The van der Waals surface area contributed by atoms with Crippen LogP contribution in [0.4, 0.5) is 0 Å². The highest BCUT2D eigenvalue weighted by atomic mass is 16.7. The SMILES string of the molecule is CN1CCC[C@H]1c1ccc[n+](CCCC(=O)On2c(O)ccc2O)c1. The molecular weight excluding hydrogens is 322 g/mol. The molecule has 2 aromatic heterocycles. The van der Waals surface area contributed by atoms with Gasteiger partial charge in [-0.3, -0.25) is 4.90 Å². The van der Waals surface area contributed by atoms with Gasteiger partial charge in [0.15, 0.2) is 12.4 Å². The summed E-state index contributed by atoms with van der Waals surface area (Å²) in [5.74, 6) is -1.13. The zero-order valence-corrected chi connectivity index (χ0v) is 14.3. The van der Waals surface area contributed by atoms with E-state index in [0.29, 0.717) is 23.7 Å². The number of aromatic hydroxyl groups is 2. The van der Waals surface area contributed by atoms with E-state index in [2.05, 4.69) is 28.8 Å². The summed E-state index contributed by atoms with van der Waals surface area (Å²) in [5.41, 5.74) is 1.30. The fourth-order valence-corrected chi connectivity index (χ4v) is 3.26. The second-order valence-electron chi connectivity index (χ2n) is 6.42.